The third-order valence-corrected chi connectivity index (χ3v) is 2.01. The molecule has 0 aliphatic heterocycles. The summed E-state index contributed by atoms with van der Waals surface area (Å²) in [5.41, 5.74) is 1.34. The number of fused-ring (bicyclic) bond motifs is 1. The molecule has 2 rings (SSSR count). The Hall–Kier alpha value is -1.41. The highest BCUT2D eigenvalue weighted by Crippen LogP contribution is 2.24. The van der Waals surface area contributed by atoms with Gasteiger partial charge in [-0.3, -0.25) is 0 Å². The normalized spacial score (nSPS) is 20.5. The van der Waals surface area contributed by atoms with Crippen molar-refractivity contribution in [3.8, 4) is 0 Å². The summed E-state index contributed by atoms with van der Waals surface area (Å²) >= 11 is 0. The van der Waals surface area contributed by atoms with Gasteiger partial charge < -0.3 is 5.11 Å². The lowest BCUT2D eigenvalue weighted by Gasteiger charge is -2.00. The van der Waals surface area contributed by atoms with E-state index in [1.165, 1.54) is 6.08 Å². The Morgan fingerprint density at radius 3 is 2.85 bits per heavy atom. The van der Waals surface area contributed by atoms with Crippen molar-refractivity contribution in [3.05, 3.63) is 47.5 Å². The zero-order valence-electron chi connectivity index (χ0n) is 6.94. The smallest absolute Gasteiger partial charge is 0.129 e. The predicted molar refractivity (Wildman–Crippen MR) is 50.6 cm³/mol. The van der Waals surface area contributed by atoms with Gasteiger partial charge in [-0.25, -0.2) is 4.39 Å². The largest absolute Gasteiger partial charge is 0.385 e. The van der Waals surface area contributed by atoms with E-state index in [0.29, 0.717) is 5.56 Å². The molecule has 0 radical (unpaired) electrons. The lowest BCUT2D eigenvalue weighted by Crippen LogP contribution is -1.94. The standard InChI is InChI=1S/C11H9FO/c12-11-7-9(13)6-5-8-3-1-2-4-10(8)11/h1-7,9,13H. The van der Waals surface area contributed by atoms with Gasteiger partial charge in [0.25, 0.3) is 0 Å². The van der Waals surface area contributed by atoms with E-state index in [1.807, 2.05) is 12.1 Å². The zero-order valence-corrected chi connectivity index (χ0v) is 6.94. The maximum absolute atomic E-state index is 13.3. The van der Waals surface area contributed by atoms with E-state index in [2.05, 4.69) is 0 Å². The first-order chi connectivity index (χ1) is 6.27. The highest BCUT2D eigenvalue weighted by Gasteiger charge is 2.09. The first-order valence-electron chi connectivity index (χ1n) is 4.10. The van der Waals surface area contributed by atoms with E-state index < -0.39 is 6.10 Å². The molecule has 1 aromatic rings. The Morgan fingerprint density at radius 1 is 1.23 bits per heavy atom. The molecular weight excluding hydrogens is 167 g/mol. The van der Waals surface area contributed by atoms with Crippen molar-refractivity contribution in [3.63, 3.8) is 0 Å². The Balaban J connectivity index is 2.59. The summed E-state index contributed by atoms with van der Waals surface area (Å²) in [6.07, 6.45) is 3.66. The van der Waals surface area contributed by atoms with Crippen molar-refractivity contribution in [1.29, 1.82) is 0 Å². The minimum atomic E-state index is -0.826. The topological polar surface area (TPSA) is 20.2 Å². The molecule has 0 bridgehead atoms. The van der Waals surface area contributed by atoms with Gasteiger partial charge in [-0.1, -0.05) is 36.4 Å². The second-order valence-electron chi connectivity index (χ2n) is 2.95. The molecule has 0 heterocycles. The summed E-state index contributed by atoms with van der Waals surface area (Å²) < 4.78 is 13.3. The van der Waals surface area contributed by atoms with Crippen LogP contribution in [0.15, 0.2) is 36.4 Å². The predicted octanol–water partition coefficient (Wildman–Crippen LogP) is 2.38. The molecule has 1 atom stereocenters. The third-order valence-electron chi connectivity index (χ3n) is 2.01. The Labute approximate surface area is 75.8 Å². The van der Waals surface area contributed by atoms with Gasteiger partial charge in [-0.2, -0.15) is 0 Å². The molecule has 1 unspecified atom stereocenters. The number of aliphatic hydroxyl groups excluding tert-OH is 1. The molecule has 1 N–H and O–H groups in total. The number of halogens is 1. The van der Waals surface area contributed by atoms with Crippen LogP contribution in [0.25, 0.3) is 11.9 Å². The van der Waals surface area contributed by atoms with Crippen LogP contribution >= 0.6 is 0 Å². The maximum Gasteiger partial charge on any atom is 0.129 e. The van der Waals surface area contributed by atoms with Gasteiger partial charge in [0.2, 0.25) is 0 Å². The van der Waals surface area contributed by atoms with Gasteiger partial charge in [-0.05, 0) is 11.6 Å². The molecule has 2 heteroatoms. The molecule has 0 fully saturated rings. The number of hydrogen-bond acceptors (Lipinski definition) is 1. The lowest BCUT2D eigenvalue weighted by atomic mass is 10.1. The second-order valence-corrected chi connectivity index (χ2v) is 2.95. The molecule has 1 aliphatic rings. The van der Waals surface area contributed by atoms with E-state index in [1.54, 1.807) is 24.3 Å². The SMILES string of the molecule is OC1C=Cc2ccccc2C(F)=C1. The Morgan fingerprint density at radius 2 is 2.00 bits per heavy atom. The second kappa shape index (κ2) is 3.15. The van der Waals surface area contributed by atoms with Gasteiger partial charge in [0, 0.05) is 5.56 Å². The minimum Gasteiger partial charge on any atom is -0.385 e. The van der Waals surface area contributed by atoms with Crippen molar-refractivity contribution in [1.82, 2.24) is 0 Å². The first-order valence-corrected chi connectivity index (χ1v) is 4.10. The molecule has 0 saturated carbocycles. The summed E-state index contributed by atoms with van der Waals surface area (Å²) in [6.45, 7) is 0. The molecule has 1 aliphatic carbocycles. The van der Waals surface area contributed by atoms with Crippen LogP contribution in [0.3, 0.4) is 0 Å². The van der Waals surface area contributed by atoms with Crippen LogP contribution in [0.1, 0.15) is 11.1 Å². The van der Waals surface area contributed by atoms with Gasteiger partial charge in [0.1, 0.15) is 5.83 Å². The molecule has 1 nitrogen and oxygen atoms in total. The van der Waals surface area contributed by atoms with Gasteiger partial charge >= 0.3 is 0 Å². The quantitative estimate of drug-likeness (QED) is 0.643. The highest BCUT2D eigenvalue weighted by molar-refractivity contribution is 5.72. The molecule has 13 heavy (non-hydrogen) atoms. The van der Waals surface area contributed by atoms with Gasteiger partial charge in [0.05, 0.1) is 6.10 Å². The van der Waals surface area contributed by atoms with Crippen LogP contribution in [0, 0.1) is 0 Å². The lowest BCUT2D eigenvalue weighted by molar-refractivity contribution is 0.272. The molecule has 0 saturated heterocycles. The Kier molecular flexibility index (Phi) is 1.99. The third kappa shape index (κ3) is 1.53. The molecule has 66 valence electrons. The van der Waals surface area contributed by atoms with Crippen molar-refractivity contribution >= 4 is 11.9 Å². The van der Waals surface area contributed by atoms with Crippen molar-refractivity contribution in [2.24, 2.45) is 0 Å². The number of hydrogen-bond donors (Lipinski definition) is 1. The summed E-state index contributed by atoms with van der Waals surface area (Å²) in [6, 6.07) is 7.13. The van der Waals surface area contributed by atoms with E-state index in [4.69, 9.17) is 0 Å². The number of aliphatic hydroxyl groups is 1. The fourth-order valence-corrected chi connectivity index (χ4v) is 1.36. The average molecular weight is 176 g/mol. The summed E-state index contributed by atoms with van der Waals surface area (Å²) in [5, 5.41) is 9.23. The van der Waals surface area contributed by atoms with E-state index in [0.717, 1.165) is 5.56 Å². The van der Waals surface area contributed by atoms with E-state index in [-0.39, 0.29) is 5.83 Å². The minimum absolute atomic E-state index is 0.367. The van der Waals surface area contributed by atoms with Crippen molar-refractivity contribution in [2.75, 3.05) is 0 Å². The monoisotopic (exact) mass is 176 g/mol. The highest BCUT2D eigenvalue weighted by atomic mass is 19.1. The van der Waals surface area contributed by atoms with Crippen LogP contribution in [0.4, 0.5) is 4.39 Å². The Bertz CT molecular complexity index is 379. The van der Waals surface area contributed by atoms with Crippen molar-refractivity contribution < 1.29 is 9.50 Å². The molecule has 0 aromatic heterocycles. The summed E-state index contributed by atoms with van der Waals surface area (Å²) in [4.78, 5) is 0. The molecule has 0 amide bonds. The molecular formula is C11H9FO. The van der Waals surface area contributed by atoms with Crippen LogP contribution in [-0.4, -0.2) is 11.2 Å². The summed E-state index contributed by atoms with van der Waals surface area (Å²) in [7, 11) is 0. The zero-order chi connectivity index (χ0) is 9.26. The van der Waals surface area contributed by atoms with Gasteiger partial charge in [0.15, 0.2) is 0 Å². The molecule has 0 spiro atoms. The first kappa shape index (κ1) is 8.20. The van der Waals surface area contributed by atoms with Crippen LogP contribution in [0.5, 0.6) is 0 Å². The fourth-order valence-electron chi connectivity index (χ4n) is 1.36. The number of benzene rings is 1. The summed E-state index contributed by atoms with van der Waals surface area (Å²) in [5.74, 6) is -0.367. The van der Waals surface area contributed by atoms with Crippen LogP contribution in [-0.2, 0) is 0 Å². The van der Waals surface area contributed by atoms with Crippen LogP contribution < -0.4 is 0 Å². The number of rotatable bonds is 0. The van der Waals surface area contributed by atoms with Crippen LogP contribution in [0.2, 0.25) is 0 Å². The molecule has 1 aromatic carbocycles. The van der Waals surface area contributed by atoms with E-state index >= 15 is 0 Å². The van der Waals surface area contributed by atoms with Crippen molar-refractivity contribution in [2.45, 2.75) is 6.10 Å². The average Bonchev–Trinajstić information content (AvgIpc) is 2.27. The maximum atomic E-state index is 13.3. The van der Waals surface area contributed by atoms with Gasteiger partial charge in [-0.15, -0.1) is 0 Å². The van der Waals surface area contributed by atoms with E-state index in [9.17, 15) is 9.50 Å². The fraction of sp³-hybridized carbons (Fsp3) is 0.0909.